The van der Waals surface area contributed by atoms with Crippen molar-refractivity contribution in [2.45, 2.75) is 95.3 Å². The van der Waals surface area contributed by atoms with Gasteiger partial charge in [-0.05, 0) is 20.8 Å². The van der Waals surface area contributed by atoms with Gasteiger partial charge in [0.15, 0.2) is 0 Å². The molecule has 3 aromatic rings. The van der Waals surface area contributed by atoms with Crippen LogP contribution in [-0.2, 0) is 50.5 Å². The number of nitrogens with one attached hydrogen (secondary N) is 3. The van der Waals surface area contributed by atoms with E-state index < -0.39 is 145 Å². The number of rotatable bonds is 16. The average Bonchev–Trinajstić information content (AvgIpc) is 3.85. The lowest BCUT2D eigenvalue weighted by Crippen LogP contribution is -2.34. The second-order valence-corrected chi connectivity index (χ2v) is 18.0. The number of aromatic amines is 3. The van der Waals surface area contributed by atoms with E-state index >= 15 is 0 Å². The second-order valence-electron chi connectivity index (χ2n) is 14.1. The van der Waals surface area contributed by atoms with Crippen LogP contribution in [0, 0.1) is 20.8 Å². The van der Waals surface area contributed by atoms with E-state index in [9.17, 15) is 67.1 Å². The van der Waals surface area contributed by atoms with Gasteiger partial charge in [0, 0.05) is 54.5 Å². The molecule has 6 heterocycles. The number of phosphoric ester groups is 3. The summed E-state index contributed by atoms with van der Waals surface area (Å²) < 4.78 is 81.9. The summed E-state index contributed by atoms with van der Waals surface area (Å²) in [7, 11) is -16.7. The normalized spacial score (nSPS) is 28.8. The van der Waals surface area contributed by atoms with Crippen molar-refractivity contribution < 1.29 is 75.2 Å². The van der Waals surface area contributed by atoms with Crippen molar-refractivity contribution in [3.8, 4) is 0 Å². The van der Waals surface area contributed by atoms with Crippen molar-refractivity contribution in [3.63, 3.8) is 0 Å². The van der Waals surface area contributed by atoms with E-state index in [2.05, 4.69) is 9.51 Å². The second kappa shape index (κ2) is 18.1. The molecule has 0 saturated carbocycles. The quantitative estimate of drug-likeness (QED) is 0.0982. The zero-order valence-corrected chi connectivity index (χ0v) is 34.6. The lowest BCUT2D eigenvalue weighted by atomic mass is 10.2. The van der Waals surface area contributed by atoms with Crippen molar-refractivity contribution in [2.75, 3.05) is 19.8 Å². The number of aliphatic hydroxyl groups is 1. The fraction of sp³-hybridized carbons (Fsp3) is 0.600. The van der Waals surface area contributed by atoms with Gasteiger partial charge >= 0.3 is 17.1 Å². The van der Waals surface area contributed by atoms with Gasteiger partial charge in [0.25, 0.3) is 32.3 Å². The summed E-state index contributed by atoms with van der Waals surface area (Å²) in [6.45, 7) is 1.09. The number of H-pyrrole nitrogens is 3. The Morgan fingerprint density at radius 3 is 1.30 bits per heavy atom. The van der Waals surface area contributed by atoms with Gasteiger partial charge in [-0.25, -0.2) is 14.4 Å². The molecule has 61 heavy (non-hydrogen) atoms. The minimum absolute atomic E-state index is 0.0311. The van der Waals surface area contributed by atoms with E-state index in [0.717, 1.165) is 26.1 Å². The molecule has 0 spiro atoms. The molecular formula is C30H37N6O22P3-4. The summed E-state index contributed by atoms with van der Waals surface area (Å²) in [5.41, 5.74) is -4.78. The zero-order chi connectivity index (χ0) is 44.8. The molecule has 0 aromatic carbocycles. The smallest absolute Gasteiger partial charge is 0.330 e. The lowest BCUT2D eigenvalue weighted by molar-refractivity contribution is -0.343. The summed E-state index contributed by atoms with van der Waals surface area (Å²) in [4.78, 5) is 128. The Balaban J connectivity index is 1.16. The minimum Gasteiger partial charge on any atom is -0.790 e. The molecular weight excluding hydrogens is 889 g/mol. The molecule has 3 aromatic heterocycles. The highest BCUT2D eigenvalue weighted by atomic mass is 31.2. The SMILES string of the molecule is Cc1cn(C2CC(O)C(COP(=O)([O-])OC3CC(n4cc(C)c(=O)[nH]c4=O)OC3COP(=O)([O-])OC3CC(n4cc(C)c(=O)[nH]c4=O)OC3COP(=O)([O-])[O-])O2)c(=O)[nH]c1=O. The van der Waals surface area contributed by atoms with Crippen molar-refractivity contribution in [1.82, 2.24) is 28.7 Å². The van der Waals surface area contributed by atoms with Crippen LogP contribution >= 0.6 is 23.5 Å². The van der Waals surface area contributed by atoms with Crippen LogP contribution in [0.3, 0.4) is 0 Å². The topological polar surface area (TPSA) is 402 Å². The third-order valence-electron chi connectivity index (χ3n) is 9.65. The first-order valence-electron chi connectivity index (χ1n) is 17.9. The molecule has 28 nitrogen and oxygen atoms in total. The van der Waals surface area contributed by atoms with Crippen LogP contribution in [0.2, 0.25) is 0 Å². The van der Waals surface area contributed by atoms with Crippen molar-refractivity contribution in [2.24, 2.45) is 0 Å². The number of aryl methyl sites for hydroxylation is 3. The Hall–Kier alpha value is -3.79. The summed E-state index contributed by atoms with van der Waals surface area (Å²) in [5.74, 6) is 0. The average molecular weight is 927 g/mol. The summed E-state index contributed by atoms with van der Waals surface area (Å²) in [5, 5.41) is 10.6. The molecule has 11 unspecified atom stereocenters. The van der Waals surface area contributed by atoms with Crippen LogP contribution in [0.1, 0.15) is 54.6 Å². The van der Waals surface area contributed by atoms with E-state index in [4.69, 9.17) is 32.3 Å². The third-order valence-corrected chi connectivity index (χ3v) is 12.1. The Kier molecular flexibility index (Phi) is 13.9. The number of phosphoric acid groups is 3. The van der Waals surface area contributed by atoms with Crippen molar-refractivity contribution >= 4 is 23.5 Å². The molecule has 3 aliphatic heterocycles. The Morgan fingerprint density at radius 1 is 0.590 bits per heavy atom. The monoisotopic (exact) mass is 926 g/mol. The van der Waals surface area contributed by atoms with Crippen LogP contribution < -0.4 is 53.3 Å². The number of aromatic nitrogens is 6. The number of hydrogen-bond acceptors (Lipinski definition) is 22. The van der Waals surface area contributed by atoms with Crippen molar-refractivity contribution in [3.05, 3.63) is 97.8 Å². The standard InChI is InChI=1S/C30H41N6O22P3/c1-13-7-34(28(41)31-25(13)38)22-4-16(37)19(54-22)10-52-60(47,48)58-18-6-24(36-9-15(3)27(40)33-30(36)43)56-21(18)12-53-61(49,50)57-17-5-23(55-20(17)11-51-59(44,45)46)35-8-14(2)26(39)32-29(35)42/h7-9,16-24,37H,4-6,10-12H2,1-3H3,(H,47,48)(H,49,50)(H,31,38,41)(H,32,39,42)(H,33,40,43)(H2,44,45,46)/p-4. The highest BCUT2D eigenvalue weighted by Crippen LogP contribution is 2.49. The van der Waals surface area contributed by atoms with Gasteiger partial charge in [-0.15, -0.1) is 0 Å². The summed E-state index contributed by atoms with van der Waals surface area (Å²) in [6.07, 6.45) is -11.2. The number of nitrogens with zero attached hydrogens (tertiary/aromatic N) is 3. The molecule has 6 rings (SSSR count). The predicted octanol–water partition coefficient (Wildman–Crippen LogP) is -4.63. The maximum absolute atomic E-state index is 13.2. The zero-order valence-electron chi connectivity index (χ0n) is 31.9. The molecule has 0 amide bonds. The molecule has 0 bridgehead atoms. The summed E-state index contributed by atoms with van der Waals surface area (Å²) in [6, 6.07) is 0. The number of ether oxygens (including phenoxy) is 3. The minimum atomic E-state index is -5.64. The molecule has 31 heteroatoms. The molecule has 3 fully saturated rings. The van der Waals surface area contributed by atoms with E-state index in [1.54, 1.807) is 0 Å². The number of aliphatic hydroxyl groups excluding tert-OH is 1. The van der Waals surface area contributed by atoms with Crippen LogP contribution in [0.15, 0.2) is 47.4 Å². The highest BCUT2D eigenvalue weighted by molar-refractivity contribution is 7.46. The molecule has 4 N–H and O–H groups in total. The van der Waals surface area contributed by atoms with Crippen LogP contribution in [0.4, 0.5) is 0 Å². The van der Waals surface area contributed by atoms with Gasteiger partial charge in [0.05, 0.1) is 46.0 Å². The van der Waals surface area contributed by atoms with Crippen molar-refractivity contribution in [1.29, 1.82) is 0 Å². The van der Waals surface area contributed by atoms with Gasteiger partial charge in [-0.3, -0.25) is 52.2 Å². The molecule has 0 radical (unpaired) electrons. The summed E-state index contributed by atoms with van der Waals surface area (Å²) >= 11 is 0. The fourth-order valence-corrected chi connectivity index (χ4v) is 8.80. The van der Waals surface area contributed by atoms with Gasteiger partial charge < -0.3 is 66.1 Å². The van der Waals surface area contributed by atoms with Gasteiger partial charge in [0.2, 0.25) is 0 Å². The maximum Gasteiger partial charge on any atom is 0.330 e. The van der Waals surface area contributed by atoms with Crippen LogP contribution in [0.25, 0.3) is 0 Å². The number of hydrogen-bond donors (Lipinski definition) is 4. The van der Waals surface area contributed by atoms with E-state index in [-0.39, 0.29) is 23.1 Å². The first-order valence-corrected chi connectivity index (χ1v) is 22.3. The van der Waals surface area contributed by atoms with Crippen LogP contribution in [-0.4, -0.2) is 90.2 Å². The van der Waals surface area contributed by atoms with Gasteiger partial charge in [-0.1, -0.05) is 0 Å². The van der Waals surface area contributed by atoms with Gasteiger partial charge in [0.1, 0.15) is 37.0 Å². The first kappa shape index (κ1) is 46.7. The molecule has 3 saturated heterocycles. The Bertz CT molecular complexity index is 2630. The van der Waals surface area contributed by atoms with E-state index in [0.29, 0.717) is 0 Å². The third kappa shape index (κ3) is 11.4. The van der Waals surface area contributed by atoms with Crippen LogP contribution in [0.5, 0.6) is 0 Å². The molecule has 3 aliphatic rings. The Morgan fingerprint density at radius 2 is 0.918 bits per heavy atom. The van der Waals surface area contributed by atoms with E-state index in [1.807, 2.05) is 9.97 Å². The van der Waals surface area contributed by atoms with Gasteiger partial charge in [-0.2, -0.15) is 0 Å². The fourth-order valence-electron chi connectivity index (χ4n) is 6.59. The maximum atomic E-state index is 13.2. The highest BCUT2D eigenvalue weighted by Gasteiger charge is 2.44. The lowest BCUT2D eigenvalue weighted by Gasteiger charge is -2.33. The molecule has 11 atom stereocenters. The molecule has 0 aliphatic carbocycles. The predicted molar refractivity (Wildman–Crippen MR) is 190 cm³/mol. The van der Waals surface area contributed by atoms with E-state index in [1.165, 1.54) is 27.0 Å². The Labute approximate surface area is 340 Å². The first-order chi connectivity index (χ1) is 28.4. The largest absolute Gasteiger partial charge is 0.790 e. The molecule has 338 valence electrons.